The lowest BCUT2D eigenvalue weighted by atomic mass is 10.2. The maximum atomic E-state index is 12.6. The largest absolute Gasteiger partial charge is 0.416 e. The van der Waals surface area contributed by atoms with Gasteiger partial charge in [-0.1, -0.05) is 11.6 Å². The predicted molar refractivity (Wildman–Crippen MR) is 69.5 cm³/mol. The number of anilines is 2. The molecule has 0 amide bonds. The van der Waals surface area contributed by atoms with Gasteiger partial charge in [-0.15, -0.1) is 0 Å². The maximum Gasteiger partial charge on any atom is 0.416 e. The summed E-state index contributed by atoms with van der Waals surface area (Å²) in [5, 5.41) is 2.88. The fraction of sp³-hybridized carbons (Fsp3) is 0.0909. The molecule has 1 heterocycles. The van der Waals surface area contributed by atoms with E-state index in [1.165, 1.54) is 18.5 Å². The van der Waals surface area contributed by atoms with Crippen LogP contribution in [-0.2, 0) is 6.18 Å². The minimum absolute atomic E-state index is 0.127. The van der Waals surface area contributed by atoms with Crippen LogP contribution in [0.15, 0.2) is 35.2 Å². The van der Waals surface area contributed by atoms with Crippen LogP contribution in [0.25, 0.3) is 0 Å². The highest BCUT2D eigenvalue weighted by atomic mass is 79.9. The molecule has 1 aromatic carbocycles. The summed E-state index contributed by atoms with van der Waals surface area (Å²) in [5.74, 6) is 0.336. The Morgan fingerprint density at radius 1 is 1.16 bits per heavy atom. The SMILES string of the molecule is FC(F)(F)c1ccc(Cl)c(Nc2cc(Br)ncn2)c1. The highest BCUT2D eigenvalue weighted by molar-refractivity contribution is 9.10. The molecule has 0 radical (unpaired) electrons. The zero-order valence-corrected chi connectivity index (χ0v) is 11.5. The van der Waals surface area contributed by atoms with Gasteiger partial charge in [0.15, 0.2) is 0 Å². The fourth-order valence-electron chi connectivity index (χ4n) is 1.34. The van der Waals surface area contributed by atoms with E-state index in [4.69, 9.17) is 11.6 Å². The molecule has 0 spiro atoms. The van der Waals surface area contributed by atoms with E-state index in [0.29, 0.717) is 10.4 Å². The molecular formula is C11H6BrClF3N3. The molecular weight excluding hydrogens is 346 g/mol. The van der Waals surface area contributed by atoms with Gasteiger partial charge in [-0.05, 0) is 34.1 Å². The summed E-state index contributed by atoms with van der Waals surface area (Å²) in [6, 6.07) is 4.56. The lowest BCUT2D eigenvalue weighted by Crippen LogP contribution is -2.05. The van der Waals surface area contributed by atoms with Gasteiger partial charge in [0.05, 0.1) is 16.3 Å². The number of alkyl halides is 3. The van der Waals surface area contributed by atoms with Crippen molar-refractivity contribution >= 4 is 39.0 Å². The Balaban J connectivity index is 2.34. The Bertz CT molecular complexity index is 604. The lowest BCUT2D eigenvalue weighted by Gasteiger charge is -2.11. The number of hydrogen-bond acceptors (Lipinski definition) is 3. The van der Waals surface area contributed by atoms with Gasteiger partial charge < -0.3 is 5.32 Å². The first-order valence-corrected chi connectivity index (χ1v) is 6.14. The molecule has 100 valence electrons. The van der Waals surface area contributed by atoms with E-state index in [2.05, 4.69) is 31.2 Å². The Morgan fingerprint density at radius 3 is 2.53 bits per heavy atom. The third-order valence-corrected chi connectivity index (χ3v) is 2.95. The molecule has 1 N–H and O–H groups in total. The van der Waals surface area contributed by atoms with E-state index in [9.17, 15) is 13.2 Å². The van der Waals surface area contributed by atoms with Crippen LogP contribution in [-0.4, -0.2) is 9.97 Å². The van der Waals surface area contributed by atoms with Gasteiger partial charge in [0.2, 0.25) is 0 Å². The first-order chi connectivity index (χ1) is 8.86. The van der Waals surface area contributed by atoms with Gasteiger partial charge >= 0.3 is 6.18 Å². The van der Waals surface area contributed by atoms with Gasteiger partial charge in [0.1, 0.15) is 16.7 Å². The van der Waals surface area contributed by atoms with E-state index < -0.39 is 11.7 Å². The third kappa shape index (κ3) is 3.57. The second kappa shape index (κ2) is 5.34. The number of hydrogen-bond donors (Lipinski definition) is 1. The van der Waals surface area contributed by atoms with Crippen molar-refractivity contribution in [2.24, 2.45) is 0 Å². The molecule has 1 aromatic heterocycles. The summed E-state index contributed by atoms with van der Waals surface area (Å²) in [4.78, 5) is 7.69. The smallest absolute Gasteiger partial charge is 0.339 e. The van der Waals surface area contributed by atoms with E-state index in [1.807, 2.05) is 0 Å². The molecule has 0 aliphatic rings. The average Bonchev–Trinajstić information content (AvgIpc) is 2.30. The second-order valence-electron chi connectivity index (χ2n) is 3.54. The zero-order chi connectivity index (χ0) is 14.0. The van der Waals surface area contributed by atoms with Crippen LogP contribution in [0.1, 0.15) is 5.56 Å². The van der Waals surface area contributed by atoms with E-state index in [-0.39, 0.29) is 10.7 Å². The molecule has 19 heavy (non-hydrogen) atoms. The van der Waals surface area contributed by atoms with Crippen LogP contribution < -0.4 is 5.32 Å². The van der Waals surface area contributed by atoms with Crippen molar-refractivity contribution in [2.45, 2.75) is 6.18 Å². The summed E-state index contributed by atoms with van der Waals surface area (Å²) >= 11 is 8.99. The molecule has 3 nitrogen and oxygen atoms in total. The van der Waals surface area contributed by atoms with E-state index in [1.54, 1.807) is 0 Å². The van der Waals surface area contributed by atoms with Crippen molar-refractivity contribution < 1.29 is 13.2 Å². The molecule has 0 fully saturated rings. The normalized spacial score (nSPS) is 11.4. The number of benzene rings is 1. The van der Waals surface area contributed by atoms with Gasteiger partial charge in [-0.25, -0.2) is 9.97 Å². The highest BCUT2D eigenvalue weighted by Crippen LogP contribution is 2.34. The quantitative estimate of drug-likeness (QED) is 0.799. The Kier molecular flexibility index (Phi) is 3.96. The first-order valence-electron chi connectivity index (χ1n) is 4.97. The molecule has 0 aliphatic heterocycles. The van der Waals surface area contributed by atoms with Gasteiger partial charge in [0, 0.05) is 6.07 Å². The minimum atomic E-state index is -4.42. The van der Waals surface area contributed by atoms with Crippen molar-refractivity contribution in [3.63, 3.8) is 0 Å². The van der Waals surface area contributed by atoms with Crippen LogP contribution in [0.4, 0.5) is 24.7 Å². The Morgan fingerprint density at radius 2 is 1.89 bits per heavy atom. The first kappa shape index (κ1) is 14.1. The average molecular weight is 353 g/mol. The lowest BCUT2D eigenvalue weighted by molar-refractivity contribution is -0.137. The molecule has 8 heteroatoms. The third-order valence-electron chi connectivity index (χ3n) is 2.19. The molecule has 2 rings (SSSR count). The fourth-order valence-corrected chi connectivity index (χ4v) is 1.81. The highest BCUT2D eigenvalue weighted by Gasteiger charge is 2.30. The van der Waals surface area contributed by atoms with Crippen molar-refractivity contribution in [1.82, 2.24) is 9.97 Å². The van der Waals surface area contributed by atoms with Crippen molar-refractivity contribution in [1.29, 1.82) is 0 Å². The topological polar surface area (TPSA) is 37.8 Å². The van der Waals surface area contributed by atoms with E-state index in [0.717, 1.165) is 12.1 Å². The van der Waals surface area contributed by atoms with Crippen LogP contribution in [0.3, 0.4) is 0 Å². The molecule has 0 saturated carbocycles. The number of nitrogens with one attached hydrogen (secondary N) is 1. The summed E-state index contributed by atoms with van der Waals surface area (Å²) in [5.41, 5.74) is -0.658. The Labute approximate surface area is 120 Å². The van der Waals surface area contributed by atoms with Crippen molar-refractivity contribution in [3.05, 3.63) is 45.8 Å². The van der Waals surface area contributed by atoms with Gasteiger partial charge in [-0.2, -0.15) is 13.2 Å². The van der Waals surface area contributed by atoms with Crippen molar-refractivity contribution in [2.75, 3.05) is 5.32 Å². The molecule has 2 aromatic rings. The summed E-state index contributed by atoms with van der Waals surface area (Å²) in [6.07, 6.45) is -3.15. The summed E-state index contributed by atoms with van der Waals surface area (Å²) < 4.78 is 38.3. The van der Waals surface area contributed by atoms with Gasteiger partial charge in [-0.3, -0.25) is 0 Å². The van der Waals surface area contributed by atoms with Gasteiger partial charge in [0.25, 0.3) is 0 Å². The second-order valence-corrected chi connectivity index (χ2v) is 4.76. The van der Waals surface area contributed by atoms with E-state index >= 15 is 0 Å². The monoisotopic (exact) mass is 351 g/mol. The van der Waals surface area contributed by atoms with Crippen molar-refractivity contribution in [3.8, 4) is 0 Å². The summed E-state index contributed by atoms with van der Waals surface area (Å²) in [6.45, 7) is 0. The van der Waals surface area contributed by atoms with Crippen LogP contribution in [0.5, 0.6) is 0 Å². The predicted octanol–water partition coefficient (Wildman–Crippen LogP) is 4.65. The minimum Gasteiger partial charge on any atom is -0.339 e. The number of aromatic nitrogens is 2. The number of nitrogens with zero attached hydrogens (tertiary/aromatic N) is 2. The molecule has 0 unspecified atom stereocenters. The number of rotatable bonds is 2. The Hall–Kier alpha value is -1.34. The number of halogens is 5. The molecule has 0 aliphatic carbocycles. The standard InChI is InChI=1S/C11H6BrClF3N3/c12-9-4-10(18-5-17-9)19-8-3-6(11(14,15)16)1-2-7(8)13/h1-5H,(H,17,18,19). The van der Waals surface area contributed by atoms with Crippen LogP contribution in [0.2, 0.25) is 5.02 Å². The summed E-state index contributed by atoms with van der Waals surface area (Å²) in [7, 11) is 0. The van der Waals surface area contributed by atoms with Crippen LogP contribution in [0, 0.1) is 0 Å². The van der Waals surface area contributed by atoms with Crippen LogP contribution >= 0.6 is 27.5 Å². The zero-order valence-electron chi connectivity index (χ0n) is 9.17. The molecule has 0 bridgehead atoms. The molecule has 0 saturated heterocycles. The molecule has 0 atom stereocenters. The maximum absolute atomic E-state index is 12.6.